The van der Waals surface area contributed by atoms with E-state index < -0.39 is 47.7 Å². The first kappa shape index (κ1) is 27.3. The van der Waals surface area contributed by atoms with Gasteiger partial charge in [0.05, 0.1) is 42.3 Å². The van der Waals surface area contributed by atoms with E-state index in [1.54, 1.807) is 0 Å². The number of nitrogens with zero attached hydrogens (tertiary/aromatic N) is 1. The summed E-state index contributed by atoms with van der Waals surface area (Å²) in [5.74, 6) is 5.23. The van der Waals surface area contributed by atoms with Crippen molar-refractivity contribution in [1.29, 1.82) is 0 Å². The van der Waals surface area contributed by atoms with E-state index in [1.807, 2.05) is 4.90 Å². The van der Waals surface area contributed by atoms with E-state index in [-0.39, 0.29) is 30.7 Å². The summed E-state index contributed by atoms with van der Waals surface area (Å²) in [6.45, 7) is 2.17. The molecule has 0 spiro atoms. The van der Waals surface area contributed by atoms with E-state index in [2.05, 4.69) is 11.8 Å². The maximum Gasteiger partial charge on any atom is 0.416 e. The highest BCUT2D eigenvalue weighted by Crippen LogP contribution is 2.39. The predicted octanol–water partition coefficient (Wildman–Crippen LogP) is 6.58. The van der Waals surface area contributed by atoms with E-state index in [0.717, 1.165) is 0 Å². The quantitative estimate of drug-likeness (QED) is 0.251. The monoisotopic (exact) mass is 523 g/mol. The lowest BCUT2D eigenvalue weighted by Crippen LogP contribution is -2.46. The van der Waals surface area contributed by atoms with Crippen molar-refractivity contribution in [2.75, 3.05) is 25.6 Å². The van der Waals surface area contributed by atoms with Gasteiger partial charge in [0, 0.05) is 6.54 Å². The van der Waals surface area contributed by atoms with Crippen molar-refractivity contribution in [3.05, 3.63) is 70.5 Å². The van der Waals surface area contributed by atoms with Crippen molar-refractivity contribution in [3.8, 4) is 11.8 Å². The first-order valence-electron chi connectivity index (χ1n) is 10.5. The third-order valence-electron chi connectivity index (χ3n) is 5.41. The molecule has 1 heterocycles. The Hall–Kier alpha value is -2.32. The molecule has 1 aliphatic heterocycles. The fourth-order valence-electron chi connectivity index (χ4n) is 3.71. The predicted molar refractivity (Wildman–Crippen MR) is 115 cm³/mol. The van der Waals surface area contributed by atoms with E-state index >= 15 is 0 Å². The van der Waals surface area contributed by atoms with Gasteiger partial charge in [-0.1, -0.05) is 24.0 Å². The number of rotatable bonds is 5. The molecule has 0 amide bonds. The lowest BCUT2D eigenvalue weighted by atomic mass is 10.0. The van der Waals surface area contributed by atoms with Gasteiger partial charge in [-0.05, 0) is 48.4 Å². The summed E-state index contributed by atoms with van der Waals surface area (Å²) in [6, 6.07) is 6.13. The van der Waals surface area contributed by atoms with Crippen LogP contribution in [-0.4, -0.2) is 36.8 Å². The Bertz CT molecular complexity index is 1030. The molecule has 2 aromatic rings. The summed E-state index contributed by atoms with van der Waals surface area (Å²) in [6.07, 6.45) is -12.2. The number of morpholine rings is 1. The zero-order valence-electron chi connectivity index (χ0n) is 18.4. The minimum Gasteiger partial charge on any atom is -0.349 e. The van der Waals surface area contributed by atoms with Gasteiger partial charge in [-0.2, -0.15) is 26.3 Å². The molecule has 0 bridgehead atoms. The molecule has 0 N–H and O–H groups in total. The topological polar surface area (TPSA) is 21.7 Å². The second-order valence-electron chi connectivity index (χ2n) is 7.81. The van der Waals surface area contributed by atoms with Crippen molar-refractivity contribution in [1.82, 2.24) is 4.90 Å². The van der Waals surface area contributed by atoms with Crippen LogP contribution in [0, 0.1) is 17.7 Å². The van der Waals surface area contributed by atoms with Crippen LogP contribution in [0.3, 0.4) is 0 Å². The summed E-state index contributed by atoms with van der Waals surface area (Å²) in [5, 5.41) is 0. The lowest BCUT2D eigenvalue weighted by molar-refractivity contribution is -0.228. The number of hydrogen-bond donors (Lipinski definition) is 0. The maximum absolute atomic E-state index is 13.5. The van der Waals surface area contributed by atoms with E-state index in [0.29, 0.717) is 24.2 Å². The molecule has 1 aliphatic rings. The van der Waals surface area contributed by atoms with Gasteiger partial charge >= 0.3 is 12.4 Å². The first-order chi connectivity index (χ1) is 16.4. The second kappa shape index (κ2) is 11.2. The molecule has 3 rings (SSSR count). The Morgan fingerprint density at radius 1 is 1.03 bits per heavy atom. The van der Waals surface area contributed by atoms with Crippen LogP contribution in [0.25, 0.3) is 0 Å². The zero-order valence-corrected chi connectivity index (χ0v) is 19.1. The van der Waals surface area contributed by atoms with Gasteiger partial charge in [0.15, 0.2) is 6.29 Å². The summed E-state index contributed by atoms with van der Waals surface area (Å²) in [5.41, 5.74) is -2.60. The molecule has 11 heteroatoms. The van der Waals surface area contributed by atoms with Gasteiger partial charge in [0.2, 0.25) is 0 Å². The van der Waals surface area contributed by atoms with Gasteiger partial charge < -0.3 is 9.47 Å². The SMILES string of the molecule is CC(O[C@H]1OCCN(CC#CCCl)[C@H]1c1ccc(F)cc1)c1cc(C(F)(F)F)cc(C(F)(F)F)c1. The average Bonchev–Trinajstić information content (AvgIpc) is 2.79. The second-order valence-corrected chi connectivity index (χ2v) is 8.08. The minimum atomic E-state index is -4.98. The molecule has 0 saturated carbocycles. The lowest BCUT2D eigenvalue weighted by Gasteiger charge is -2.41. The molecule has 1 fully saturated rings. The molecule has 35 heavy (non-hydrogen) atoms. The molecule has 190 valence electrons. The first-order valence-corrected chi connectivity index (χ1v) is 11.0. The van der Waals surface area contributed by atoms with Crippen molar-refractivity contribution < 1.29 is 40.2 Å². The van der Waals surface area contributed by atoms with Crippen LogP contribution in [-0.2, 0) is 21.8 Å². The number of ether oxygens (including phenoxy) is 2. The molecular formula is C24H21ClF7NO2. The van der Waals surface area contributed by atoms with Gasteiger partial charge in [0.1, 0.15) is 5.82 Å². The van der Waals surface area contributed by atoms with Gasteiger partial charge in [0.25, 0.3) is 0 Å². The highest BCUT2D eigenvalue weighted by atomic mass is 35.5. The van der Waals surface area contributed by atoms with Crippen LogP contribution >= 0.6 is 11.6 Å². The minimum absolute atomic E-state index is 0.0614. The molecule has 2 aromatic carbocycles. The standard InChI is InChI=1S/C24H21ClF7NO2/c1-15(17-12-18(23(27,28)29)14-19(13-17)24(30,31)32)35-22-21(16-4-6-20(26)7-5-16)33(10-11-34-22)9-3-2-8-25/h4-7,12-15,21-22H,8-11H2,1H3/t15?,21-,22+/m0/s1. The Labute approximate surface area is 202 Å². The van der Waals surface area contributed by atoms with Crippen molar-refractivity contribution in [3.63, 3.8) is 0 Å². The normalized spacial score (nSPS) is 20.3. The summed E-state index contributed by atoms with van der Waals surface area (Å²) < 4.78 is 105. The van der Waals surface area contributed by atoms with Crippen molar-refractivity contribution in [2.45, 2.75) is 37.7 Å². The van der Waals surface area contributed by atoms with Crippen LogP contribution in [0.5, 0.6) is 0 Å². The number of alkyl halides is 7. The Morgan fingerprint density at radius 3 is 2.17 bits per heavy atom. The molecule has 0 aliphatic carbocycles. The number of halogens is 8. The molecule has 3 atom stereocenters. The molecule has 0 radical (unpaired) electrons. The van der Waals surface area contributed by atoms with Crippen LogP contribution in [0.4, 0.5) is 30.7 Å². The highest BCUT2D eigenvalue weighted by Gasteiger charge is 2.39. The smallest absolute Gasteiger partial charge is 0.349 e. The number of benzene rings is 2. The van der Waals surface area contributed by atoms with Gasteiger partial charge in [-0.3, -0.25) is 4.90 Å². The summed E-state index contributed by atoms with van der Waals surface area (Å²) in [4.78, 5) is 1.86. The fourth-order valence-corrected chi connectivity index (χ4v) is 3.80. The van der Waals surface area contributed by atoms with Crippen LogP contribution < -0.4 is 0 Å². The van der Waals surface area contributed by atoms with Crippen LogP contribution in [0.15, 0.2) is 42.5 Å². The Balaban J connectivity index is 1.94. The average molecular weight is 524 g/mol. The van der Waals surface area contributed by atoms with E-state index in [4.69, 9.17) is 21.1 Å². The molecular weight excluding hydrogens is 503 g/mol. The van der Waals surface area contributed by atoms with Crippen molar-refractivity contribution >= 4 is 11.6 Å². The van der Waals surface area contributed by atoms with E-state index in [1.165, 1.54) is 31.2 Å². The largest absolute Gasteiger partial charge is 0.416 e. The van der Waals surface area contributed by atoms with Gasteiger partial charge in [-0.15, -0.1) is 11.6 Å². The highest BCUT2D eigenvalue weighted by molar-refractivity contribution is 6.19. The zero-order chi connectivity index (χ0) is 25.8. The maximum atomic E-state index is 13.5. The molecule has 1 unspecified atom stereocenters. The third kappa shape index (κ3) is 7.10. The van der Waals surface area contributed by atoms with E-state index in [9.17, 15) is 30.7 Å². The summed E-state index contributed by atoms with van der Waals surface area (Å²) in [7, 11) is 0. The van der Waals surface area contributed by atoms with Crippen LogP contribution in [0.2, 0.25) is 0 Å². The Kier molecular flexibility index (Phi) is 8.70. The van der Waals surface area contributed by atoms with Gasteiger partial charge in [-0.25, -0.2) is 4.39 Å². The molecule has 0 aromatic heterocycles. The Morgan fingerprint density at radius 2 is 1.63 bits per heavy atom. The third-order valence-corrected chi connectivity index (χ3v) is 5.55. The molecule has 3 nitrogen and oxygen atoms in total. The van der Waals surface area contributed by atoms with Crippen molar-refractivity contribution in [2.24, 2.45) is 0 Å². The fraction of sp³-hybridized carbons (Fsp3) is 0.417. The summed E-state index contributed by atoms with van der Waals surface area (Å²) >= 11 is 5.60. The van der Waals surface area contributed by atoms with Crippen LogP contribution in [0.1, 0.15) is 41.3 Å². The number of hydrogen-bond acceptors (Lipinski definition) is 3. The molecule has 1 saturated heterocycles.